The number of anilines is 2. The van der Waals surface area contributed by atoms with E-state index in [2.05, 4.69) is 10.6 Å². The smallest absolute Gasteiger partial charge is 0.337 e. The van der Waals surface area contributed by atoms with Crippen molar-refractivity contribution >= 4 is 23.3 Å². The van der Waals surface area contributed by atoms with Crippen molar-refractivity contribution in [2.75, 3.05) is 11.1 Å². The van der Waals surface area contributed by atoms with Gasteiger partial charge in [-0.15, -0.1) is 0 Å². The lowest BCUT2D eigenvalue weighted by Gasteiger charge is -2.24. The van der Waals surface area contributed by atoms with Crippen LogP contribution in [0.25, 0.3) is 0 Å². The molecule has 0 saturated carbocycles. The summed E-state index contributed by atoms with van der Waals surface area (Å²) in [6.07, 6.45) is 0. The number of hydrogen-bond donors (Lipinski definition) is 4. The van der Waals surface area contributed by atoms with E-state index < -0.39 is 12.0 Å². The minimum atomic E-state index is -1.10. The highest BCUT2D eigenvalue weighted by Crippen LogP contribution is 2.23. The SMILES string of the molecule is CC(Nc1cccc(C(=O)O)c1N)C(=O)NC(C)(C)C. The van der Waals surface area contributed by atoms with E-state index in [4.69, 9.17) is 10.8 Å². The van der Waals surface area contributed by atoms with Crippen molar-refractivity contribution < 1.29 is 14.7 Å². The maximum absolute atomic E-state index is 12.0. The number of carboxylic acids is 1. The zero-order valence-corrected chi connectivity index (χ0v) is 12.2. The van der Waals surface area contributed by atoms with Gasteiger partial charge in [-0.3, -0.25) is 4.79 Å². The summed E-state index contributed by atoms with van der Waals surface area (Å²) < 4.78 is 0. The van der Waals surface area contributed by atoms with Crippen molar-refractivity contribution in [2.45, 2.75) is 39.3 Å². The summed E-state index contributed by atoms with van der Waals surface area (Å²) in [6, 6.07) is 4.11. The Labute approximate surface area is 118 Å². The number of nitrogen functional groups attached to an aromatic ring is 1. The molecule has 110 valence electrons. The predicted octanol–water partition coefficient (Wildman–Crippen LogP) is 1.68. The van der Waals surface area contributed by atoms with Gasteiger partial charge in [0.2, 0.25) is 5.91 Å². The van der Waals surface area contributed by atoms with E-state index in [1.807, 2.05) is 20.8 Å². The van der Waals surface area contributed by atoms with Gasteiger partial charge in [-0.1, -0.05) is 6.07 Å². The Morgan fingerprint density at radius 3 is 2.40 bits per heavy atom. The van der Waals surface area contributed by atoms with Crippen molar-refractivity contribution in [2.24, 2.45) is 0 Å². The molecule has 1 unspecified atom stereocenters. The van der Waals surface area contributed by atoms with Crippen molar-refractivity contribution in [1.29, 1.82) is 0 Å². The Bertz CT molecular complexity index is 521. The molecule has 1 aromatic rings. The van der Waals surface area contributed by atoms with Crippen LogP contribution in [0.15, 0.2) is 18.2 Å². The predicted molar refractivity (Wildman–Crippen MR) is 78.8 cm³/mol. The van der Waals surface area contributed by atoms with Crippen LogP contribution in [0.2, 0.25) is 0 Å². The second-order valence-electron chi connectivity index (χ2n) is 5.68. The molecular weight excluding hydrogens is 258 g/mol. The number of aromatic carboxylic acids is 1. The highest BCUT2D eigenvalue weighted by molar-refractivity contribution is 5.97. The third-order valence-electron chi connectivity index (χ3n) is 2.60. The zero-order chi connectivity index (χ0) is 15.5. The van der Waals surface area contributed by atoms with E-state index in [1.165, 1.54) is 6.07 Å². The maximum atomic E-state index is 12.0. The van der Waals surface area contributed by atoms with Crippen molar-refractivity contribution in [3.05, 3.63) is 23.8 Å². The molecule has 0 aliphatic carbocycles. The van der Waals surface area contributed by atoms with Gasteiger partial charge in [0.15, 0.2) is 0 Å². The van der Waals surface area contributed by atoms with Gasteiger partial charge < -0.3 is 21.5 Å². The van der Waals surface area contributed by atoms with Crippen LogP contribution in [0, 0.1) is 0 Å². The van der Waals surface area contributed by atoms with E-state index in [9.17, 15) is 9.59 Å². The molecule has 0 bridgehead atoms. The van der Waals surface area contributed by atoms with Gasteiger partial charge in [-0.05, 0) is 39.8 Å². The van der Waals surface area contributed by atoms with Crippen molar-refractivity contribution in [3.63, 3.8) is 0 Å². The molecule has 1 amide bonds. The third kappa shape index (κ3) is 4.15. The summed E-state index contributed by atoms with van der Waals surface area (Å²) in [7, 11) is 0. The summed E-state index contributed by atoms with van der Waals surface area (Å²) in [4.78, 5) is 23.0. The first-order valence-corrected chi connectivity index (χ1v) is 6.32. The monoisotopic (exact) mass is 279 g/mol. The summed E-state index contributed by atoms with van der Waals surface area (Å²) in [5.74, 6) is -1.28. The Morgan fingerprint density at radius 2 is 1.90 bits per heavy atom. The van der Waals surface area contributed by atoms with Gasteiger partial charge in [0.05, 0.1) is 16.9 Å². The largest absolute Gasteiger partial charge is 0.478 e. The number of carbonyl (C=O) groups is 2. The van der Waals surface area contributed by atoms with Gasteiger partial charge in [0, 0.05) is 5.54 Å². The molecule has 0 spiro atoms. The van der Waals surface area contributed by atoms with Gasteiger partial charge in [-0.25, -0.2) is 4.79 Å². The van der Waals surface area contributed by atoms with Crippen LogP contribution >= 0.6 is 0 Å². The van der Waals surface area contributed by atoms with Gasteiger partial charge in [-0.2, -0.15) is 0 Å². The van der Waals surface area contributed by atoms with E-state index >= 15 is 0 Å². The van der Waals surface area contributed by atoms with Crippen LogP contribution in [-0.4, -0.2) is 28.6 Å². The fraction of sp³-hybridized carbons (Fsp3) is 0.429. The Morgan fingerprint density at radius 1 is 1.30 bits per heavy atom. The summed E-state index contributed by atoms with van der Waals surface area (Å²) >= 11 is 0. The van der Waals surface area contributed by atoms with Gasteiger partial charge in [0.1, 0.15) is 6.04 Å². The van der Waals surface area contributed by atoms with Gasteiger partial charge >= 0.3 is 5.97 Å². The molecule has 1 atom stereocenters. The lowest BCUT2D eigenvalue weighted by molar-refractivity contribution is -0.122. The summed E-state index contributed by atoms with van der Waals surface area (Å²) in [6.45, 7) is 7.35. The second-order valence-corrected chi connectivity index (χ2v) is 5.68. The number of para-hydroxylation sites is 1. The van der Waals surface area contributed by atoms with E-state index in [0.29, 0.717) is 5.69 Å². The number of carbonyl (C=O) groups excluding carboxylic acids is 1. The first-order chi connectivity index (χ1) is 9.11. The normalized spacial score (nSPS) is 12.6. The summed E-state index contributed by atoms with van der Waals surface area (Å²) in [5.41, 5.74) is 6.02. The molecule has 0 heterocycles. The van der Waals surface area contributed by atoms with Crippen molar-refractivity contribution in [1.82, 2.24) is 5.32 Å². The molecule has 6 nitrogen and oxygen atoms in total. The highest BCUT2D eigenvalue weighted by Gasteiger charge is 2.20. The first kappa shape index (κ1) is 15.8. The lowest BCUT2D eigenvalue weighted by atomic mass is 10.1. The molecule has 0 aliphatic heterocycles. The molecule has 1 aromatic carbocycles. The zero-order valence-electron chi connectivity index (χ0n) is 12.2. The second kappa shape index (κ2) is 5.81. The molecule has 0 fully saturated rings. The van der Waals surface area contributed by atoms with E-state index in [1.54, 1.807) is 19.1 Å². The van der Waals surface area contributed by atoms with Crippen LogP contribution in [0.1, 0.15) is 38.1 Å². The minimum absolute atomic E-state index is 0.0124. The number of hydrogen-bond acceptors (Lipinski definition) is 4. The van der Waals surface area contributed by atoms with E-state index in [0.717, 1.165) is 0 Å². The maximum Gasteiger partial charge on any atom is 0.337 e. The average molecular weight is 279 g/mol. The third-order valence-corrected chi connectivity index (χ3v) is 2.60. The number of nitrogens with one attached hydrogen (secondary N) is 2. The minimum Gasteiger partial charge on any atom is -0.478 e. The molecule has 0 aromatic heterocycles. The van der Waals surface area contributed by atoms with Crippen LogP contribution in [0.5, 0.6) is 0 Å². The molecule has 1 rings (SSSR count). The van der Waals surface area contributed by atoms with Crippen LogP contribution < -0.4 is 16.4 Å². The lowest BCUT2D eigenvalue weighted by Crippen LogP contribution is -2.47. The number of rotatable bonds is 4. The molecule has 0 radical (unpaired) electrons. The standard InChI is InChI=1S/C14H21N3O3/c1-8(12(18)17-14(2,3)4)16-10-7-5-6-9(11(10)15)13(19)20/h5-8,16H,15H2,1-4H3,(H,17,18)(H,19,20). The molecule has 20 heavy (non-hydrogen) atoms. The Balaban J connectivity index is 2.86. The number of nitrogens with two attached hydrogens (primary N) is 1. The fourth-order valence-corrected chi connectivity index (χ4v) is 1.65. The molecule has 0 saturated heterocycles. The number of carboxylic acid groups (broad SMARTS) is 1. The molecular formula is C14H21N3O3. The van der Waals surface area contributed by atoms with Gasteiger partial charge in [0.25, 0.3) is 0 Å². The number of benzene rings is 1. The molecule has 5 N–H and O–H groups in total. The Kier molecular flexibility index (Phi) is 4.60. The van der Waals surface area contributed by atoms with E-state index in [-0.39, 0.29) is 22.7 Å². The molecule has 6 heteroatoms. The number of amides is 1. The Hall–Kier alpha value is -2.24. The van der Waals surface area contributed by atoms with Crippen molar-refractivity contribution in [3.8, 4) is 0 Å². The fourth-order valence-electron chi connectivity index (χ4n) is 1.65. The average Bonchev–Trinajstić information content (AvgIpc) is 2.29. The highest BCUT2D eigenvalue weighted by atomic mass is 16.4. The molecule has 0 aliphatic rings. The van der Waals surface area contributed by atoms with Crippen LogP contribution in [0.4, 0.5) is 11.4 Å². The topological polar surface area (TPSA) is 104 Å². The summed E-state index contributed by atoms with van der Waals surface area (Å²) in [5, 5.41) is 14.8. The quantitative estimate of drug-likeness (QED) is 0.628. The van der Waals surface area contributed by atoms with Crippen LogP contribution in [0.3, 0.4) is 0 Å². The first-order valence-electron chi connectivity index (χ1n) is 6.32. The van der Waals surface area contributed by atoms with Crippen LogP contribution in [-0.2, 0) is 4.79 Å².